The summed E-state index contributed by atoms with van der Waals surface area (Å²) in [6.07, 6.45) is 6.82. The van der Waals surface area contributed by atoms with Crippen LogP contribution in [0.4, 0.5) is 0 Å². The number of hydrogen-bond donors (Lipinski definition) is 1. The summed E-state index contributed by atoms with van der Waals surface area (Å²) in [5.41, 5.74) is 1.46. The highest BCUT2D eigenvalue weighted by Gasteiger charge is 2.26. The Kier molecular flexibility index (Phi) is 6.55. The molecule has 20 heavy (non-hydrogen) atoms. The van der Waals surface area contributed by atoms with Gasteiger partial charge in [-0.3, -0.25) is 4.90 Å². The first-order valence-corrected chi connectivity index (χ1v) is 8.34. The summed E-state index contributed by atoms with van der Waals surface area (Å²) in [4.78, 5) is 2.71. The fourth-order valence-corrected chi connectivity index (χ4v) is 3.26. The Bertz CT molecular complexity index is 363. The molecule has 112 valence electrons. The molecule has 1 fully saturated rings. The first-order chi connectivity index (χ1) is 9.83. The van der Waals surface area contributed by atoms with Gasteiger partial charge < -0.3 is 5.32 Å². The van der Waals surface area contributed by atoms with Crippen molar-refractivity contribution >= 4 is 0 Å². The quantitative estimate of drug-likeness (QED) is 0.756. The van der Waals surface area contributed by atoms with Crippen molar-refractivity contribution in [2.75, 3.05) is 19.6 Å². The van der Waals surface area contributed by atoms with Gasteiger partial charge in [0, 0.05) is 31.7 Å². The average Bonchev–Trinajstić information content (AvgIpc) is 2.52. The van der Waals surface area contributed by atoms with Crippen LogP contribution in [0.15, 0.2) is 30.3 Å². The summed E-state index contributed by atoms with van der Waals surface area (Å²) in [5, 5.41) is 3.55. The highest BCUT2D eigenvalue weighted by molar-refractivity contribution is 5.20. The lowest BCUT2D eigenvalue weighted by Gasteiger charge is -2.40. The van der Waals surface area contributed by atoms with E-state index in [0.29, 0.717) is 12.1 Å². The van der Waals surface area contributed by atoms with Crippen LogP contribution in [-0.2, 0) is 0 Å². The second-order valence-corrected chi connectivity index (χ2v) is 6.07. The monoisotopic (exact) mass is 274 g/mol. The Balaban J connectivity index is 1.92. The summed E-state index contributed by atoms with van der Waals surface area (Å²) < 4.78 is 0. The maximum atomic E-state index is 3.55. The Morgan fingerprint density at radius 2 is 2.00 bits per heavy atom. The zero-order valence-corrected chi connectivity index (χ0v) is 13.1. The van der Waals surface area contributed by atoms with Gasteiger partial charge in [-0.25, -0.2) is 0 Å². The molecular weight excluding hydrogens is 244 g/mol. The highest BCUT2D eigenvalue weighted by atomic mass is 15.2. The van der Waals surface area contributed by atoms with E-state index in [4.69, 9.17) is 0 Å². The van der Waals surface area contributed by atoms with Gasteiger partial charge in [0.2, 0.25) is 0 Å². The molecule has 2 unspecified atom stereocenters. The second-order valence-electron chi connectivity index (χ2n) is 6.07. The fourth-order valence-electron chi connectivity index (χ4n) is 3.26. The Hall–Kier alpha value is -0.860. The van der Waals surface area contributed by atoms with Crippen LogP contribution in [0.3, 0.4) is 0 Å². The van der Waals surface area contributed by atoms with Gasteiger partial charge >= 0.3 is 0 Å². The lowest BCUT2D eigenvalue weighted by atomic mass is 9.99. The minimum Gasteiger partial charge on any atom is -0.314 e. The maximum Gasteiger partial charge on any atom is 0.0476 e. The third-order valence-electron chi connectivity index (χ3n) is 4.51. The van der Waals surface area contributed by atoms with E-state index in [1.54, 1.807) is 0 Å². The van der Waals surface area contributed by atoms with Crippen molar-refractivity contribution in [3.63, 3.8) is 0 Å². The molecule has 1 saturated heterocycles. The van der Waals surface area contributed by atoms with E-state index < -0.39 is 0 Å². The first-order valence-electron chi connectivity index (χ1n) is 8.34. The second kappa shape index (κ2) is 8.43. The molecule has 0 amide bonds. The van der Waals surface area contributed by atoms with Gasteiger partial charge in [-0.2, -0.15) is 0 Å². The first kappa shape index (κ1) is 15.5. The number of hydrogen-bond acceptors (Lipinski definition) is 2. The fraction of sp³-hybridized carbons (Fsp3) is 0.667. The zero-order chi connectivity index (χ0) is 14.2. The molecule has 0 saturated carbocycles. The molecule has 1 aromatic carbocycles. The largest absolute Gasteiger partial charge is 0.314 e. The highest BCUT2D eigenvalue weighted by Crippen LogP contribution is 2.26. The van der Waals surface area contributed by atoms with Crippen LogP contribution >= 0.6 is 0 Å². The minimum absolute atomic E-state index is 0.547. The van der Waals surface area contributed by atoms with Gasteiger partial charge in [-0.05, 0) is 18.9 Å². The molecule has 1 aromatic rings. The van der Waals surface area contributed by atoms with Gasteiger partial charge in [-0.15, -0.1) is 0 Å². The predicted molar refractivity (Wildman–Crippen MR) is 87.0 cm³/mol. The number of benzene rings is 1. The topological polar surface area (TPSA) is 15.3 Å². The lowest BCUT2D eigenvalue weighted by Crippen LogP contribution is -2.49. The van der Waals surface area contributed by atoms with Crippen molar-refractivity contribution < 1.29 is 0 Å². The molecule has 2 rings (SSSR count). The maximum absolute atomic E-state index is 3.55. The molecule has 0 spiro atoms. The van der Waals surface area contributed by atoms with Crippen LogP contribution in [-0.4, -0.2) is 30.6 Å². The molecule has 2 nitrogen and oxygen atoms in total. The smallest absolute Gasteiger partial charge is 0.0476 e. The molecule has 0 aromatic heterocycles. The van der Waals surface area contributed by atoms with E-state index in [9.17, 15) is 0 Å². The van der Waals surface area contributed by atoms with Gasteiger partial charge in [0.25, 0.3) is 0 Å². The van der Waals surface area contributed by atoms with E-state index >= 15 is 0 Å². The van der Waals surface area contributed by atoms with E-state index in [0.717, 1.165) is 13.1 Å². The third kappa shape index (κ3) is 4.32. The SMILES string of the molecule is CCCCCCC(C)N1CCNCC1c1ccccc1. The summed E-state index contributed by atoms with van der Waals surface area (Å²) >= 11 is 0. The molecule has 2 atom stereocenters. The lowest BCUT2D eigenvalue weighted by molar-refractivity contribution is 0.108. The van der Waals surface area contributed by atoms with E-state index in [1.165, 1.54) is 44.2 Å². The zero-order valence-electron chi connectivity index (χ0n) is 13.1. The molecule has 0 radical (unpaired) electrons. The van der Waals surface area contributed by atoms with E-state index in [1.807, 2.05) is 0 Å². The summed E-state index contributed by atoms with van der Waals surface area (Å²) in [6.45, 7) is 8.08. The van der Waals surface area contributed by atoms with Crippen LogP contribution in [0.25, 0.3) is 0 Å². The van der Waals surface area contributed by atoms with Crippen molar-refractivity contribution in [2.45, 2.75) is 58.0 Å². The molecule has 1 heterocycles. The molecule has 1 aliphatic rings. The number of nitrogens with one attached hydrogen (secondary N) is 1. The van der Waals surface area contributed by atoms with Crippen LogP contribution in [0.1, 0.15) is 57.6 Å². The average molecular weight is 274 g/mol. The molecule has 1 N–H and O–H groups in total. The van der Waals surface area contributed by atoms with E-state index in [-0.39, 0.29) is 0 Å². The Morgan fingerprint density at radius 3 is 2.75 bits per heavy atom. The normalized spacial score (nSPS) is 21.8. The standard InChI is InChI=1S/C18H30N2/c1-3-4-5-7-10-16(2)20-14-13-19-15-18(20)17-11-8-6-9-12-17/h6,8-9,11-12,16,18-19H,3-5,7,10,13-15H2,1-2H3. The van der Waals surface area contributed by atoms with E-state index in [2.05, 4.69) is 54.4 Å². The van der Waals surface area contributed by atoms with Gasteiger partial charge in [0.1, 0.15) is 0 Å². The van der Waals surface area contributed by atoms with Gasteiger partial charge in [0.15, 0.2) is 0 Å². The van der Waals surface area contributed by atoms with Crippen molar-refractivity contribution in [3.8, 4) is 0 Å². The molecule has 0 aliphatic carbocycles. The summed E-state index contributed by atoms with van der Waals surface area (Å²) in [5.74, 6) is 0. The third-order valence-corrected chi connectivity index (χ3v) is 4.51. The number of piperazine rings is 1. The van der Waals surface area contributed by atoms with Crippen LogP contribution in [0.5, 0.6) is 0 Å². The molecule has 2 heteroatoms. The number of nitrogens with zero attached hydrogens (tertiary/aromatic N) is 1. The van der Waals surface area contributed by atoms with Crippen molar-refractivity contribution in [3.05, 3.63) is 35.9 Å². The summed E-state index contributed by atoms with van der Waals surface area (Å²) in [7, 11) is 0. The molecular formula is C18H30N2. The predicted octanol–water partition coefficient (Wildman–Crippen LogP) is 3.99. The van der Waals surface area contributed by atoms with Crippen LogP contribution in [0, 0.1) is 0 Å². The van der Waals surface area contributed by atoms with Crippen molar-refractivity contribution in [2.24, 2.45) is 0 Å². The van der Waals surface area contributed by atoms with Crippen LogP contribution in [0.2, 0.25) is 0 Å². The van der Waals surface area contributed by atoms with Gasteiger partial charge in [-0.1, -0.05) is 62.9 Å². The minimum atomic E-state index is 0.547. The van der Waals surface area contributed by atoms with Crippen molar-refractivity contribution in [1.82, 2.24) is 10.2 Å². The van der Waals surface area contributed by atoms with Crippen molar-refractivity contribution in [1.29, 1.82) is 0 Å². The molecule has 1 aliphatic heterocycles. The Morgan fingerprint density at radius 1 is 1.20 bits per heavy atom. The number of rotatable bonds is 7. The number of unbranched alkanes of at least 4 members (excludes halogenated alkanes) is 3. The van der Waals surface area contributed by atoms with Crippen LogP contribution < -0.4 is 5.32 Å². The Labute approximate surface area is 124 Å². The summed E-state index contributed by atoms with van der Waals surface area (Å²) in [6, 6.07) is 12.2. The van der Waals surface area contributed by atoms with Gasteiger partial charge in [0.05, 0.1) is 0 Å². The molecule has 0 bridgehead atoms.